The molecule has 0 spiro atoms. The van der Waals surface area contributed by atoms with Crippen molar-refractivity contribution in [3.05, 3.63) is 0 Å². The number of carbonyl (C=O) groups is 6. The summed E-state index contributed by atoms with van der Waals surface area (Å²) in [5.74, 6) is -3.67. The van der Waals surface area contributed by atoms with Crippen LogP contribution < -0.4 is 21.7 Å². The molecule has 46 heavy (non-hydrogen) atoms. The van der Waals surface area contributed by atoms with Crippen molar-refractivity contribution in [2.45, 2.75) is 130 Å². The van der Waals surface area contributed by atoms with E-state index < -0.39 is 76.1 Å². The number of urea groups is 1. The second-order valence-corrected chi connectivity index (χ2v) is 16.2. The predicted molar refractivity (Wildman–Crippen MR) is 172 cm³/mol. The Kier molecular flexibility index (Phi) is 11.6. The Labute approximate surface area is 273 Å². The molecule has 1 saturated carbocycles. The van der Waals surface area contributed by atoms with Crippen molar-refractivity contribution in [2.24, 2.45) is 28.4 Å². The van der Waals surface area contributed by atoms with Crippen LogP contribution in [-0.2, 0) is 24.0 Å². The smallest absolute Gasteiger partial charge is 0.316 e. The van der Waals surface area contributed by atoms with Crippen LogP contribution >= 0.6 is 0 Å². The van der Waals surface area contributed by atoms with Gasteiger partial charge in [-0.05, 0) is 56.3 Å². The second-order valence-electron chi connectivity index (χ2n) is 16.2. The molecule has 0 aromatic rings. The summed E-state index contributed by atoms with van der Waals surface area (Å²) in [4.78, 5) is 82.5. The van der Waals surface area contributed by atoms with Gasteiger partial charge in [0.25, 0.3) is 5.91 Å². The van der Waals surface area contributed by atoms with Crippen LogP contribution in [0.1, 0.15) is 100 Å². The van der Waals surface area contributed by atoms with Crippen LogP contribution in [0.3, 0.4) is 0 Å². The first-order valence-corrected chi connectivity index (χ1v) is 16.6. The number of rotatable bonds is 11. The molecule has 13 heteroatoms. The molecule has 0 radical (unpaired) electrons. The molecule has 3 fully saturated rings. The van der Waals surface area contributed by atoms with E-state index in [4.69, 9.17) is 5.73 Å². The van der Waals surface area contributed by atoms with E-state index in [9.17, 15) is 33.9 Å². The molecular weight excluding hydrogens is 592 g/mol. The van der Waals surface area contributed by atoms with E-state index >= 15 is 0 Å². The Balaban J connectivity index is 1.85. The summed E-state index contributed by atoms with van der Waals surface area (Å²) in [5, 5.41) is 19.2. The van der Waals surface area contributed by atoms with Crippen LogP contribution in [0.2, 0.25) is 0 Å². The maximum Gasteiger partial charge on any atom is 0.316 e. The van der Waals surface area contributed by atoms with Crippen molar-refractivity contribution in [2.75, 3.05) is 19.6 Å². The molecule has 260 valence electrons. The normalized spacial score (nSPS) is 22.8. The van der Waals surface area contributed by atoms with Crippen LogP contribution in [0.4, 0.5) is 4.79 Å². The van der Waals surface area contributed by atoms with Crippen LogP contribution in [0.15, 0.2) is 0 Å². The van der Waals surface area contributed by atoms with E-state index in [1.54, 1.807) is 39.5 Å². The highest BCUT2D eigenvalue weighted by atomic mass is 16.3. The van der Waals surface area contributed by atoms with Gasteiger partial charge >= 0.3 is 6.03 Å². The number of hydrogen-bond donors (Lipinski definition) is 5. The molecule has 0 aromatic heterocycles. The fraction of sp³-hybridized carbons (Fsp3) is 0.818. The van der Waals surface area contributed by atoms with E-state index in [1.165, 1.54) is 4.90 Å². The number of aliphatic hydroxyl groups is 1. The third-order valence-electron chi connectivity index (χ3n) is 9.75. The second kappa shape index (κ2) is 14.3. The zero-order valence-electron chi connectivity index (χ0n) is 28.9. The zero-order valence-corrected chi connectivity index (χ0v) is 28.9. The molecule has 2 heterocycles. The molecule has 3 rings (SSSR count). The zero-order chi connectivity index (χ0) is 34.8. The minimum Gasteiger partial charge on any atom is -0.390 e. The number of nitrogens with two attached hydrogens (primary N) is 1. The van der Waals surface area contributed by atoms with E-state index in [-0.39, 0.29) is 31.2 Å². The Hall–Kier alpha value is -3.22. The van der Waals surface area contributed by atoms with Crippen LogP contribution in [-0.4, -0.2) is 99.8 Å². The fourth-order valence-electron chi connectivity index (χ4n) is 6.46. The highest BCUT2D eigenvalue weighted by Crippen LogP contribution is 2.35. The van der Waals surface area contributed by atoms with E-state index in [0.29, 0.717) is 13.1 Å². The van der Waals surface area contributed by atoms with E-state index in [0.717, 1.165) is 32.1 Å². The average molecular weight is 649 g/mol. The van der Waals surface area contributed by atoms with Gasteiger partial charge in [-0.3, -0.25) is 24.0 Å². The highest BCUT2D eigenvalue weighted by Gasteiger charge is 2.49. The fourth-order valence-corrected chi connectivity index (χ4v) is 6.46. The monoisotopic (exact) mass is 648 g/mol. The third-order valence-corrected chi connectivity index (χ3v) is 9.75. The van der Waals surface area contributed by atoms with Gasteiger partial charge in [-0.15, -0.1) is 0 Å². The molecule has 13 nitrogen and oxygen atoms in total. The molecule has 5 atom stereocenters. The van der Waals surface area contributed by atoms with Crippen molar-refractivity contribution < 1.29 is 33.9 Å². The summed E-state index contributed by atoms with van der Waals surface area (Å²) in [7, 11) is 0. The standard InChI is InChI=1S/C33H56N6O7/c1-31(2,3)24(28(43)38-14-9-10-15-38)36-30(45)37-25(32(4,5)6)29(44)39-18-20(33(7,8)46)17-22(39)27(42)35-21(23(40)26(34)41)16-19-12-11-13-19/h19-22,24-25,46H,9-18H2,1-8H3,(H2,34,41)(H,35,42)(H2,36,37,45)/t20?,21?,22-,24+,25+/m0/s1. The van der Waals surface area contributed by atoms with Gasteiger partial charge in [0.05, 0.1) is 11.6 Å². The van der Waals surface area contributed by atoms with Crippen LogP contribution in [0.25, 0.3) is 0 Å². The van der Waals surface area contributed by atoms with Crippen molar-refractivity contribution in [1.29, 1.82) is 0 Å². The molecule has 6 N–H and O–H groups in total. The molecule has 3 aliphatic rings. The number of hydrogen-bond acceptors (Lipinski definition) is 7. The first kappa shape index (κ1) is 37.2. The number of ketones is 1. The largest absolute Gasteiger partial charge is 0.390 e. The lowest BCUT2D eigenvalue weighted by atomic mass is 9.80. The van der Waals surface area contributed by atoms with Gasteiger partial charge in [0, 0.05) is 25.6 Å². The van der Waals surface area contributed by atoms with Crippen molar-refractivity contribution >= 4 is 35.4 Å². The molecule has 2 unspecified atom stereocenters. The number of Topliss-reactive ketones (excluding diaryl/α,β-unsaturated/α-hetero) is 1. The first-order chi connectivity index (χ1) is 21.1. The Morgan fingerprint density at radius 1 is 0.804 bits per heavy atom. The number of carbonyl (C=O) groups excluding carboxylic acids is 6. The van der Waals surface area contributed by atoms with Gasteiger partial charge in [-0.1, -0.05) is 60.8 Å². The SMILES string of the molecule is CC(C)(O)C1C[C@@H](C(=O)NC(CC2CCC2)C(=O)C(N)=O)N(C(=O)[C@@H](NC(=O)N[C@H](C(=O)N2CCCC2)C(C)(C)C)C(C)(C)C)C1. The summed E-state index contributed by atoms with van der Waals surface area (Å²) in [6.45, 7) is 15.4. The minimum absolute atomic E-state index is 0.0332. The lowest BCUT2D eigenvalue weighted by Crippen LogP contribution is -2.62. The summed E-state index contributed by atoms with van der Waals surface area (Å²) in [5.41, 5.74) is 2.65. The third kappa shape index (κ3) is 9.19. The molecular formula is C33H56N6O7. The number of nitrogens with zero attached hydrogens (tertiary/aromatic N) is 2. The highest BCUT2D eigenvalue weighted by molar-refractivity contribution is 6.37. The van der Waals surface area contributed by atoms with Gasteiger partial charge in [0.2, 0.25) is 23.5 Å². The summed E-state index contributed by atoms with van der Waals surface area (Å²) < 4.78 is 0. The lowest BCUT2D eigenvalue weighted by molar-refractivity contribution is -0.143. The number of primary amides is 1. The van der Waals surface area contributed by atoms with E-state index in [2.05, 4.69) is 16.0 Å². The number of amides is 6. The summed E-state index contributed by atoms with van der Waals surface area (Å²) >= 11 is 0. The van der Waals surface area contributed by atoms with Crippen molar-refractivity contribution in [1.82, 2.24) is 25.8 Å². The first-order valence-electron chi connectivity index (χ1n) is 16.6. The van der Waals surface area contributed by atoms with Crippen LogP contribution in [0, 0.1) is 22.7 Å². The Bertz CT molecular complexity index is 1170. The molecule has 6 amide bonds. The Morgan fingerprint density at radius 2 is 1.33 bits per heavy atom. The molecule has 0 aromatic carbocycles. The Morgan fingerprint density at radius 3 is 1.76 bits per heavy atom. The molecule has 2 saturated heterocycles. The van der Waals surface area contributed by atoms with Gasteiger partial charge in [-0.2, -0.15) is 0 Å². The van der Waals surface area contributed by atoms with Gasteiger partial charge in [0.15, 0.2) is 0 Å². The van der Waals surface area contributed by atoms with E-state index in [1.807, 2.05) is 20.8 Å². The quantitative estimate of drug-likeness (QED) is 0.209. The summed E-state index contributed by atoms with van der Waals surface area (Å²) in [6.07, 6.45) is 4.98. The molecule has 0 bridgehead atoms. The molecule has 2 aliphatic heterocycles. The van der Waals surface area contributed by atoms with Crippen molar-refractivity contribution in [3.63, 3.8) is 0 Å². The topological polar surface area (TPSA) is 191 Å². The maximum absolute atomic E-state index is 14.3. The van der Waals surface area contributed by atoms with Crippen molar-refractivity contribution in [3.8, 4) is 0 Å². The number of likely N-dealkylation sites (tertiary alicyclic amines) is 2. The summed E-state index contributed by atoms with van der Waals surface area (Å²) in [6, 6.07) is -4.81. The number of nitrogens with one attached hydrogen (secondary N) is 3. The lowest BCUT2D eigenvalue weighted by Gasteiger charge is -2.37. The molecule has 1 aliphatic carbocycles. The average Bonchev–Trinajstić information content (AvgIpc) is 3.60. The van der Waals surface area contributed by atoms with Crippen LogP contribution in [0.5, 0.6) is 0 Å². The minimum atomic E-state index is -1.24. The predicted octanol–water partition coefficient (Wildman–Crippen LogP) is 1.45. The maximum atomic E-state index is 14.3. The van der Waals surface area contributed by atoms with Gasteiger partial charge < -0.3 is 36.6 Å². The van der Waals surface area contributed by atoms with Gasteiger partial charge in [-0.25, -0.2) is 4.79 Å². The van der Waals surface area contributed by atoms with Gasteiger partial charge in [0.1, 0.15) is 18.1 Å².